The highest BCUT2D eigenvalue weighted by atomic mass is 32.1. The molecule has 2 rings (SSSR count). The minimum atomic E-state index is -0.507. The summed E-state index contributed by atoms with van der Waals surface area (Å²) in [5.41, 5.74) is 7.22. The molecule has 1 aromatic heterocycles. The van der Waals surface area contributed by atoms with E-state index in [-0.39, 0.29) is 5.41 Å². The highest BCUT2D eigenvalue weighted by Gasteiger charge is 2.44. The molecule has 0 aliphatic heterocycles. The van der Waals surface area contributed by atoms with E-state index in [4.69, 9.17) is 5.73 Å². The molecule has 0 spiro atoms. The van der Waals surface area contributed by atoms with Crippen molar-refractivity contribution in [2.75, 3.05) is 6.54 Å². The topological polar surface area (TPSA) is 59.1 Å². The predicted molar refractivity (Wildman–Crippen MR) is 84.7 cm³/mol. The summed E-state index contributed by atoms with van der Waals surface area (Å²) >= 11 is 1.55. The highest BCUT2D eigenvalue weighted by molar-refractivity contribution is 7.09. The van der Waals surface area contributed by atoms with Crippen molar-refractivity contribution >= 4 is 11.3 Å². The Hall–Kier alpha value is -0.450. The van der Waals surface area contributed by atoms with Gasteiger partial charge in [-0.2, -0.15) is 0 Å². The highest BCUT2D eigenvalue weighted by Crippen LogP contribution is 2.50. The number of nitrogens with zero attached hydrogens (tertiary/aromatic N) is 1. The molecule has 3 N–H and O–H groups in total. The second-order valence-corrected chi connectivity index (χ2v) is 8.33. The fraction of sp³-hybridized carbons (Fsp3) is 0.812. The van der Waals surface area contributed by atoms with E-state index < -0.39 is 6.10 Å². The largest absolute Gasteiger partial charge is 0.385 e. The van der Waals surface area contributed by atoms with Crippen molar-refractivity contribution in [1.29, 1.82) is 0 Å². The zero-order valence-corrected chi connectivity index (χ0v) is 14.0. The Kier molecular flexibility index (Phi) is 4.57. The molecule has 1 heterocycles. The molecule has 0 radical (unpaired) electrons. The van der Waals surface area contributed by atoms with E-state index in [0.29, 0.717) is 12.0 Å². The van der Waals surface area contributed by atoms with Crippen LogP contribution in [0.15, 0.2) is 5.38 Å². The number of aryl methyl sites for hydroxylation is 1. The number of hydrogen-bond acceptors (Lipinski definition) is 4. The molecule has 1 saturated carbocycles. The van der Waals surface area contributed by atoms with Crippen LogP contribution in [-0.4, -0.2) is 16.6 Å². The monoisotopic (exact) mass is 296 g/mol. The molecule has 0 saturated heterocycles. The van der Waals surface area contributed by atoms with Gasteiger partial charge >= 0.3 is 0 Å². The maximum Gasteiger partial charge on any atom is 0.122 e. The molecule has 1 aliphatic carbocycles. The van der Waals surface area contributed by atoms with Crippen molar-refractivity contribution in [2.24, 2.45) is 22.5 Å². The zero-order valence-electron chi connectivity index (χ0n) is 13.1. The third kappa shape index (κ3) is 3.07. The summed E-state index contributed by atoms with van der Waals surface area (Å²) in [6, 6.07) is 0. The van der Waals surface area contributed by atoms with Crippen molar-refractivity contribution < 1.29 is 5.11 Å². The number of thiazole rings is 1. The summed E-state index contributed by atoms with van der Waals surface area (Å²) in [5.74, 6) is 0.729. The Balaban J connectivity index is 2.12. The molecule has 20 heavy (non-hydrogen) atoms. The Morgan fingerprint density at radius 3 is 2.45 bits per heavy atom. The van der Waals surface area contributed by atoms with Gasteiger partial charge in [-0.1, -0.05) is 20.8 Å². The van der Waals surface area contributed by atoms with Crippen LogP contribution in [0, 0.1) is 23.7 Å². The first-order valence-electron chi connectivity index (χ1n) is 7.59. The Morgan fingerprint density at radius 2 is 2.05 bits per heavy atom. The molecule has 114 valence electrons. The fourth-order valence-corrected chi connectivity index (χ4v) is 4.33. The van der Waals surface area contributed by atoms with E-state index in [2.05, 4.69) is 25.8 Å². The van der Waals surface area contributed by atoms with Gasteiger partial charge in [0.15, 0.2) is 0 Å². The van der Waals surface area contributed by atoms with E-state index in [1.807, 2.05) is 12.3 Å². The molecule has 0 aromatic carbocycles. The molecule has 0 amide bonds. The first-order valence-corrected chi connectivity index (χ1v) is 8.46. The maximum absolute atomic E-state index is 10.8. The van der Waals surface area contributed by atoms with Crippen LogP contribution in [0.5, 0.6) is 0 Å². The fourth-order valence-electron chi connectivity index (χ4n) is 3.41. The van der Waals surface area contributed by atoms with E-state index in [1.165, 1.54) is 0 Å². The molecular formula is C16H28N2OS. The summed E-state index contributed by atoms with van der Waals surface area (Å²) in [6.45, 7) is 9.46. The normalized spacial score (nSPS) is 29.4. The zero-order chi connectivity index (χ0) is 15.0. The molecule has 1 atom stereocenters. The van der Waals surface area contributed by atoms with Gasteiger partial charge in [0, 0.05) is 23.0 Å². The van der Waals surface area contributed by atoms with Crippen LogP contribution in [-0.2, 0) is 0 Å². The molecule has 0 bridgehead atoms. The molecule has 4 heteroatoms. The van der Waals surface area contributed by atoms with Gasteiger partial charge in [0.1, 0.15) is 11.1 Å². The number of rotatable bonds is 3. The minimum absolute atomic E-state index is 0.175. The van der Waals surface area contributed by atoms with Gasteiger partial charge in [0.2, 0.25) is 0 Å². The van der Waals surface area contributed by atoms with E-state index in [1.54, 1.807) is 11.3 Å². The van der Waals surface area contributed by atoms with Crippen LogP contribution >= 0.6 is 11.3 Å². The van der Waals surface area contributed by atoms with Crippen LogP contribution < -0.4 is 5.73 Å². The third-order valence-corrected chi connectivity index (χ3v) is 6.08. The van der Waals surface area contributed by atoms with Crippen LogP contribution in [0.3, 0.4) is 0 Å². The smallest absolute Gasteiger partial charge is 0.122 e. The molecule has 1 aliphatic rings. The molecule has 1 fully saturated rings. The summed E-state index contributed by atoms with van der Waals surface area (Å²) in [7, 11) is 0. The number of aromatic nitrogens is 1. The second-order valence-electron chi connectivity index (χ2n) is 7.44. The maximum atomic E-state index is 10.8. The first-order chi connectivity index (χ1) is 9.28. The lowest BCUT2D eigenvalue weighted by Gasteiger charge is -2.45. The average molecular weight is 296 g/mol. The van der Waals surface area contributed by atoms with E-state index in [9.17, 15) is 5.11 Å². The predicted octanol–water partition coefficient (Wildman–Crippen LogP) is 3.67. The van der Waals surface area contributed by atoms with Crippen molar-refractivity contribution in [2.45, 2.75) is 59.5 Å². The van der Waals surface area contributed by atoms with Crippen molar-refractivity contribution in [3.05, 3.63) is 16.1 Å². The standard InChI is InChI=1S/C16H28N2OS/c1-11-9-20-14(18-11)13(19)16(10-17)7-5-12(6-8-16)15(2,3)4/h9,12-13,19H,5-8,10,17H2,1-4H3. The summed E-state index contributed by atoms with van der Waals surface area (Å²) in [4.78, 5) is 4.46. The van der Waals surface area contributed by atoms with Crippen LogP contribution in [0.25, 0.3) is 0 Å². The quantitative estimate of drug-likeness (QED) is 0.894. The van der Waals surface area contributed by atoms with Gasteiger partial charge in [-0.25, -0.2) is 4.98 Å². The lowest BCUT2D eigenvalue weighted by atomic mass is 9.62. The van der Waals surface area contributed by atoms with Gasteiger partial charge in [-0.05, 0) is 43.9 Å². The summed E-state index contributed by atoms with van der Waals surface area (Å²) < 4.78 is 0. The molecule has 1 unspecified atom stereocenters. The Labute approximate surface area is 126 Å². The second kappa shape index (κ2) is 5.74. The van der Waals surface area contributed by atoms with Crippen molar-refractivity contribution in [3.8, 4) is 0 Å². The van der Waals surface area contributed by atoms with E-state index in [0.717, 1.165) is 42.3 Å². The van der Waals surface area contributed by atoms with Crippen LogP contribution in [0.4, 0.5) is 0 Å². The lowest BCUT2D eigenvalue weighted by molar-refractivity contribution is -0.0235. The first kappa shape index (κ1) is 15.9. The van der Waals surface area contributed by atoms with Gasteiger partial charge < -0.3 is 10.8 Å². The number of nitrogens with two attached hydrogens (primary N) is 1. The van der Waals surface area contributed by atoms with E-state index >= 15 is 0 Å². The average Bonchev–Trinajstić information content (AvgIpc) is 2.83. The molecule has 3 nitrogen and oxygen atoms in total. The SMILES string of the molecule is Cc1csc(C(O)C2(CN)CCC(C(C)(C)C)CC2)n1. The number of hydrogen-bond donors (Lipinski definition) is 2. The molecule has 1 aromatic rings. The van der Waals surface area contributed by atoms with Crippen molar-refractivity contribution in [1.82, 2.24) is 4.98 Å². The van der Waals surface area contributed by atoms with Gasteiger partial charge in [-0.3, -0.25) is 0 Å². The number of aliphatic hydroxyl groups excluding tert-OH is 1. The van der Waals surface area contributed by atoms with Gasteiger partial charge in [-0.15, -0.1) is 11.3 Å². The van der Waals surface area contributed by atoms with Gasteiger partial charge in [0.05, 0.1) is 0 Å². The Bertz CT molecular complexity index is 442. The van der Waals surface area contributed by atoms with Crippen LogP contribution in [0.1, 0.15) is 63.3 Å². The lowest BCUT2D eigenvalue weighted by Crippen LogP contribution is -2.42. The van der Waals surface area contributed by atoms with Crippen LogP contribution in [0.2, 0.25) is 0 Å². The minimum Gasteiger partial charge on any atom is -0.385 e. The third-order valence-electron chi connectivity index (χ3n) is 5.06. The van der Waals surface area contributed by atoms with Crippen molar-refractivity contribution in [3.63, 3.8) is 0 Å². The Morgan fingerprint density at radius 1 is 1.45 bits per heavy atom. The number of aliphatic hydroxyl groups is 1. The van der Waals surface area contributed by atoms with Gasteiger partial charge in [0.25, 0.3) is 0 Å². The summed E-state index contributed by atoms with van der Waals surface area (Å²) in [5, 5.41) is 13.6. The summed E-state index contributed by atoms with van der Waals surface area (Å²) in [6.07, 6.45) is 3.81. The molecular weight excluding hydrogens is 268 g/mol.